The Morgan fingerprint density at radius 1 is 1.37 bits per heavy atom. The van der Waals surface area contributed by atoms with Gasteiger partial charge in [0.1, 0.15) is 11.5 Å². The van der Waals surface area contributed by atoms with Crippen LogP contribution in [-0.4, -0.2) is 44.7 Å². The fourth-order valence-corrected chi connectivity index (χ4v) is 1.53. The molecule has 0 aliphatic carbocycles. The first-order valence-electron chi connectivity index (χ1n) is 5.74. The van der Waals surface area contributed by atoms with Gasteiger partial charge in [-0.15, -0.1) is 12.4 Å². The van der Waals surface area contributed by atoms with Crippen LogP contribution in [0.4, 0.5) is 0 Å². The molecule has 0 heterocycles. The first kappa shape index (κ1) is 17.5. The van der Waals surface area contributed by atoms with Gasteiger partial charge in [0.15, 0.2) is 0 Å². The standard InChI is InChI=1S/C13H20N2O3.ClH/c1-9(8-14)15(2)13(16)11-7-10(17-3)5-6-12(11)18-4;/h5-7,9H,8,14H2,1-4H3;1H. The van der Waals surface area contributed by atoms with E-state index in [0.29, 0.717) is 23.6 Å². The second kappa shape index (κ2) is 7.86. The van der Waals surface area contributed by atoms with Gasteiger partial charge in [-0.3, -0.25) is 4.79 Å². The smallest absolute Gasteiger partial charge is 0.257 e. The molecule has 0 saturated carbocycles. The maximum atomic E-state index is 12.3. The van der Waals surface area contributed by atoms with Crippen LogP contribution < -0.4 is 15.2 Å². The van der Waals surface area contributed by atoms with Gasteiger partial charge in [-0.05, 0) is 25.1 Å². The molecule has 19 heavy (non-hydrogen) atoms. The molecule has 0 bridgehead atoms. The predicted octanol–water partition coefficient (Wildman–Crippen LogP) is 1.54. The van der Waals surface area contributed by atoms with Crippen LogP contribution in [0.3, 0.4) is 0 Å². The normalized spacial score (nSPS) is 11.2. The van der Waals surface area contributed by atoms with Crippen LogP contribution in [-0.2, 0) is 0 Å². The van der Waals surface area contributed by atoms with E-state index in [4.69, 9.17) is 15.2 Å². The van der Waals surface area contributed by atoms with E-state index in [1.54, 1.807) is 37.3 Å². The van der Waals surface area contributed by atoms with E-state index in [9.17, 15) is 4.79 Å². The number of carbonyl (C=O) groups excluding carboxylic acids is 1. The summed E-state index contributed by atoms with van der Waals surface area (Å²) in [5.74, 6) is 1.01. The summed E-state index contributed by atoms with van der Waals surface area (Å²) in [7, 11) is 4.81. The number of amides is 1. The van der Waals surface area contributed by atoms with E-state index in [2.05, 4.69) is 0 Å². The maximum absolute atomic E-state index is 12.3. The number of hydrogen-bond acceptors (Lipinski definition) is 4. The summed E-state index contributed by atoms with van der Waals surface area (Å²) >= 11 is 0. The number of ether oxygens (including phenoxy) is 2. The first-order chi connectivity index (χ1) is 8.54. The van der Waals surface area contributed by atoms with Crippen LogP contribution in [0.5, 0.6) is 11.5 Å². The highest BCUT2D eigenvalue weighted by molar-refractivity contribution is 5.97. The van der Waals surface area contributed by atoms with E-state index >= 15 is 0 Å². The van der Waals surface area contributed by atoms with Gasteiger partial charge in [0.05, 0.1) is 19.8 Å². The highest BCUT2D eigenvalue weighted by Gasteiger charge is 2.20. The third-order valence-electron chi connectivity index (χ3n) is 2.96. The monoisotopic (exact) mass is 288 g/mol. The third kappa shape index (κ3) is 4.01. The van der Waals surface area contributed by atoms with Gasteiger partial charge in [0, 0.05) is 19.6 Å². The van der Waals surface area contributed by atoms with Crippen LogP contribution >= 0.6 is 12.4 Å². The molecule has 1 aromatic rings. The van der Waals surface area contributed by atoms with E-state index in [0.717, 1.165) is 0 Å². The SMILES string of the molecule is COc1ccc(OC)c(C(=O)N(C)C(C)CN)c1.Cl. The van der Waals surface area contributed by atoms with Crippen LogP contribution in [0, 0.1) is 0 Å². The molecule has 1 atom stereocenters. The zero-order valence-electron chi connectivity index (χ0n) is 11.7. The van der Waals surface area contributed by atoms with Crippen LogP contribution in [0.2, 0.25) is 0 Å². The molecule has 1 aromatic carbocycles. The molecule has 0 fully saturated rings. The Morgan fingerprint density at radius 2 is 2.00 bits per heavy atom. The summed E-state index contributed by atoms with van der Waals surface area (Å²) < 4.78 is 10.3. The van der Waals surface area contributed by atoms with Crippen molar-refractivity contribution >= 4 is 18.3 Å². The molecule has 6 heteroatoms. The molecular formula is C13H21ClN2O3. The summed E-state index contributed by atoms with van der Waals surface area (Å²) in [5, 5.41) is 0. The molecule has 5 nitrogen and oxygen atoms in total. The molecule has 2 N–H and O–H groups in total. The van der Waals surface area contributed by atoms with Gasteiger partial charge in [-0.2, -0.15) is 0 Å². The van der Waals surface area contributed by atoms with Gasteiger partial charge < -0.3 is 20.1 Å². The zero-order chi connectivity index (χ0) is 13.7. The highest BCUT2D eigenvalue weighted by Crippen LogP contribution is 2.25. The molecule has 0 spiro atoms. The number of rotatable bonds is 5. The molecule has 0 radical (unpaired) electrons. The number of benzene rings is 1. The Labute approximate surface area is 120 Å². The van der Waals surface area contributed by atoms with E-state index < -0.39 is 0 Å². The summed E-state index contributed by atoms with van der Waals surface area (Å²) in [6.07, 6.45) is 0. The second-order valence-electron chi connectivity index (χ2n) is 4.07. The maximum Gasteiger partial charge on any atom is 0.257 e. The number of likely N-dealkylation sites (N-methyl/N-ethyl adjacent to an activating group) is 1. The van der Waals surface area contributed by atoms with Crippen molar-refractivity contribution in [3.8, 4) is 11.5 Å². The molecular weight excluding hydrogens is 268 g/mol. The fourth-order valence-electron chi connectivity index (χ4n) is 1.53. The molecule has 1 rings (SSSR count). The lowest BCUT2D eigenvalue weighted by Gasteiger charge is -2.24. The van der Waals surface area contributed by atoms with Crippen molar-refractivity contribution in [2.24, 2.45) is 5.73 Å². The fraction of sp³-hybridized carbons (Fsp3) is 0.462. The quantitative estimate of drug-likeness (QED) is 0.893. The van der Waals surface area contributed by atoms with E-state index in [-0.39, 0.29) is 24.4 Å². The lowest BCUT2D eigenvalue weighted by Crippen LogP contribution is -2.39. The Morgan fingerprint density at radius 3 is 2.47 bits per heavy atom. The molecule has 0 aromatic heterocycles. The van der Waals surface area contributed by atoms with Crippen molar-refractivity contribution in [1.29, 1.82) is 0 Å². The Balaban J connectivity index is 0.00000324. The molecule has 0 aliphatic rings. The zero-order valence-corrected chi connectivity index (χ0v) is 12.5. The summed E-state index contributed by atoms with van der Waals surface area (Å²) in [6, 6.07) is 5.10. The van der Waals surface area contributed by atoms with Crippen molar-refractivity contribution in [3.05, 3.63) is 23.8 Å². The summed E-state index contributed by atoms with van der Waals surface area (Å²) in [6.45, 7) is 2.30. The number of carbonyl (C=O) groups is 1. The van der Waals surface area contributed by atoms with Crippen molar-refractivity contribution in [3.63, 3.8) is 0 Å². The van der Waals surface area contributed by atoms with Crippen LogP contribution in [0.1, 0.15) is 17.3 Å². The lowest BCUT2D eigenvalue weighted by molar-refractivity contribution is 0.0744. The highest BCUT2D eigenvalue weighted by atomic mass is 35.5. The lowest BCUT2D eigenvalue weighted by atomic mass is 10.1. The summed E-state index contributed by atoms with van der Waals surface area (Å²) in [4.78, 5) is 13.9. The van der Waals surface area contributed by atoms with E-state index in [1.807, 2.05) is 6.92 Å². The van der Waals surface area contributed by atoms with Crippen LogP contribution in [0.15, 0.2) is 18.2 Å². The average Bonchev–Trinajstić information content (AvgIpc) is 2.43. The predicted molar refractivity (Wildman–Crippen MR) is 77.4 cm³/mol. The minimum absolute atomic E-state index is 0. The molecule has 0 aliphatic heterocycles. The molecule has 1 amide bonds. The Kier molecular flexibility index (Phi) is 7.26. The topological polar surface area (TPSA) is 64.8 Å². The van der Waals surface area contributed by atoms with Crippen molar-refractivity contribution in [2.75, 3.05) is 27.8 Å². The van der Waals surface area contributed by atoms with Gasteiger partial charge in [0.25, 0.3) is 5.91 Å². The second-order valence-corrected chi connectivity index (χ2v) is 4.07. The number of hydrogen-bond donors (Lipinski definition) is 1. The van der Waals surface area contributed by atoms with Crippen LogP contribution in [0.25, 0.3) is 0 Å². The summed E-state index contributed by atoms with van der Waals surface area (Å²) in [5.41, 5.74) is 6.04. The van der Waals surface area contributed by atoms with Gasteiger partial charge in [0.2, 0.25) is 0 Å². The largest absolute Gasteiger partial charge is 0.497 e. The first-order valence-corrected chi connectivity index (χ1v) is 5.74. The Hall–Kier alpha value is -1.46. The van der Waals surface area contributed by atoms with E-state index in [1.165, 1.54) is 7.11 Å². The third-order valence-corrected chi connectivity index (χ3v) is 2.96. The number of nitrogens with zero attached hydrogens (tertiary/aromatic N) is 1. The minimum atomic E-state index is -0.135. The molecule has 108 valence electrons. The van der Waals surface area contributed by atoms with Crippen molar-refractivity contribution in [1.82, 2.24) is 4.90 Å². The molecule has 0 saturated heterocycles. The average molecular weight is 289 g/mol. The minimum Gasteiger partial charge on any atom is -0.497 e. The van der Waals surface area contributed by atoms with Crippen molar-refractivity contribution < 1.29 is 14.3 Å². The Bertz CT molecular complexity index is 426. The molecule has 1 unspecified atom stereocenters. The number of methoxy groups -OCH3 is 2. The van der Waals surface area contributed by atoms with Gasteiger partial charge in [-0.25, -0.2) is 0 Å². The van der Waals surface area contributed by atoms with Crippen molar-refractivity contribution in [2.45, 2.75) is 13.0 Å². The van der Waals surface area contributed by atoms with Gasteiger partial charge >= 0.3 is 0 Å². The van der Waals surface area contributed by atoms with Gasteiger partial charge in [-0.1, -0.05) is 0 Å². The number of nitrogens with two attached hydrogens (primary N) is 1. The number of halogens is 1.